The number of carbonyl (C=O) groups excluding carboxylic acids is 2. The molecule has 0 spiro atoms. The third-order valence-electron chi connectivity index (χ3n) is 4.08. The quantitative estimate of drug-likeness (QED) is 0.616. The SMILES string of the molecule is N#Cc1ccc(C(=O)N(CC(=O)Nc2ccc(Cl)c(Cl)c2)c2ccccc2)cc1. The molecule has 0 saturated heterocycles. The minimum atomic E-state index is -0.394. The first-order chi connectivity index (χ1) is 14.0. The van der Waals surface area contributed by atoms with E-state index in [0.29, 0.717) is 32.5 Å². The van der Waals surface area contributed by atoms with Crippen molar-refractivity contribution < 1.29 is 9.59 Å². The Hall–Kier alpha value is -3.33. The number of nitrogens with zero attached hydrogens (tertiary/aromatic N) is 2. The lowest BCUT2D eigenvalue weighted by Gasteiger charge is -2.22. The summed E-state index contributed by atoms with van der Waals surface area (Å²) in [6, 6.07) is 21.9. The summed E-state index contributed by atoms with van der Waals surface area (Å²) in [5, 5.41) is 12.3. The average Bonchev–Trinajstić information content (AvgIpc) is 2.75. The fraction of sp³-hybridized carbons (Fsp3) is 0.0455. The van der Waals surface area contributed by atoms with Crippen molar-refractivity contribution in [1.82, 2.24) is 0 Å². The molecular formula is C22H15Cl2N3O2. The number of carbonyl (C=O) groups is 2. The van der Waals surface area contributed by atoms with Crippen molar-refractivity contribution in [3.05, 3.63) is 94.0 Å². The lowest BCUT2D eigenvalue weighted by atomic mass is 10.1. The summed E-state index contributed by atoms with van der Waals surface area (Å²) in [7, 11) is 0. The number of para-hydroxylation sites is 1. The molecule has 2 amide bonds. The van der Waals surface area contributed by atoms with Crippen LogP contribution in [0.5, 0.6) is 0 Å². The summed E-state index contributed by atoms with van der Waals surface area (Å²) in [5.41, 5.74) is 1.87. The fourth-order valence-corrected chi connectivity index (χ4v) is 2.95. The van der Waals surface area contributed by atoms with Crippen molar-refractivity contribution in [2.75, 3.05) is 16.8 Å². The predicted molar refractivity (Wildman–Crippen MR) is 114 cm³/mol. The zero-order valence-electron chi connectivity index (χ0n) is 15.1. The molecule has 0 aliphatic rings. The molecule has 7 heteroatoms. The number of hydrogen-bond donors (Lipinski definition) is 1. The maximum atomic E-state index is 13.1. The largest absolute Gasteiger partial charge is 0.324 e. The number of hydrogen-bond acceptors (Lipinski definition) is 3. The van der Waals surface area contributed by atoms with Crippen LogP contribution in [-0.2, 0) is 4.79 Å². The maximum Gasteiger partial charge on any atom is 0.258 e. The highest BCUT2D eigenvalue weighted by Crippen LogP contribution is 2.25. The molecule has 0 unspecified atom stereocenters. The van der Waals surface area contributed by atoms with Gasteiger partial charge in [-0.1, -0.05) is 41.4 Å². The van der Waals surface area contributed by atoms with Crippen molar-refractivity contribution in [3.8, 4) is 6.07 Å². The number of nitriles is 1. The van der Waals surface area contributed by atoms with Crippen LogP contribution >= 0.6 is 23.2 Å². The Morgan fingerprint density at radius 3 is 2.24 bits per heavy atom. The van der Waals surface area contributed by atoms with Crippen molar-refractivity contribution in [1.29, 1.82) is 5.26 Å². The lowest BCUT2D eigenvalue weighted by Crippen LogP contribution is -2.38. The molecule has 0 saturated carbocycles. The highest BCUT2D eigenvalue weighted by molar-refractivity contribution is 6.42. The second kappa shape index (κ2) is 9.24. The summed E-state index contributed by atoms with van der Waals surface area (Å²) in [4.78, 5) is 27.0. The average molecular weight is 424 g/mol. The molecule has 1 N–H and O–H groups in total. The second-order valence-electron chi connectivity index (χ2n) is 6.09. The first-order valence-corrected chi connectivity index (χ1v) is 9.35. The molecule has 3 rings (SSSR count). The van der Waals surface area contributed by atoms with Crippen molar-refractivity contribution in [2.45, 2.75) is 0 Å². The molecule has 0 heterocycles. The lowest BCUT2D eigenvalue weighted by molar-refractivity contribution is -0.114. The van der Waals surface area contributed by atoms with Crippen LogP contribution in [0.3, 0.4) is 0 Å². The van der Waals surface area contributed by atoms with Gasteiger partial charge in [-0.3, -0.25) is 14.5 Å². The maximum absolute atomic E-state index is 13.1. The van der Waals surface area contributed by atoms with E-state index in [4.69, 9.17) is 28.5 Å². The minimum absolute atomic E-state index is 0.205. The highest BCUT2D eigenvalue weighted by atomic mass is 35.5. The molecule has 0 aromatic heterocycles. The summed E-state index contributed by atoms with van der Waals surface area (Å²) >= 11 is 11.9. The van der Waals surface area contributed by atoms with Crippen molar-refractivity contribution in [2.24, 2.45) is 0 Å². The Labute approximate surface area is 178 Å². The van der Waals surface area contributed by atoms with Gasteiger partial charge in [0.2, 0.25) is 5.91 Å². The summed E-state index contributed by atoms with van der Waals surface area (Å²) in [6.07, 6.45) is 0. The Morgan fingerprint density at radius 1 is 0.931 bits per heavy atom. The Bertz CT molecular complexity index is 1080. The first-order valence-electron chi connectivity index (χ1n) is 8.60. The molecule has 0 bridgehead atoms. The Kier molecular flexibility index (Phi) is 6.50. The zero-order valence-corrected chi connectivity index (χ0v) is 16.6. The topological polar surface area (TPSA) is 73.2 Å². The number of anilines is 2. The van der Waals surface area contributed by atoms with Gasteiger partial charge in [0.25, 0.3) is 5.91 Å². The van der Waals surface area contributed by atoms with Gasteiger partial charge in [0.15, 0.2) is 0 Å². The van der Waals surface area contributed by atoms with E-state index >= 15 is 0 Å². The summed E-state index contributed by atoms with van der Waals surface area (Å²) in [5.74, 6) is -0.751. The molecule has 29 heavy (non-hydrogen) atoms. The Morgan fingerprint density at radius 2 is 1.62 bits per heavy atom. The number of rotatable bonds is 5. The van der Waals surface area contributed by atoms with Gasteiger partial charge >= 0.3 is 0 Å². The van der Waals surface area contributed by atoms with Crippen LogP contribution in [0.25, 0.3) is 0 Å². The van der Waals surface area contributed by atoms with Crippen molar-refractivity contribution in [3.63, 3.8) is 0 Å². The number of halogens is 2. The van der Waals surface area contributed by atoms with E-state index in [1.807, 2.05) is 12.1 Å². The van der Waals surface area contributed by atoms with Crippen LogP contribution in [-0.4, -0.2) is 18.4 Å². The van der Waals surface area contributed by atoms with Gasteiger partial charge in [-0.2, -0.15) is 5.26 Å². The molecule has 0 fully saturated rings. The van der Waals surface area contributed by atoms with E-state index in [1.165, 1.54) is 11.0 Å². The monoisotopic (exact) mass is 423 g/mol. The molecular weight excluding hydrogens is 409 g/mol. The van der Waals surface area contributed by atoms with Crippen LogP contribution in [0.15, 0.2) is 72.8 Å². The van der Waals surface area contributed by atoms with E-state index in [9.17, 15) is 9.59 Å². The van der Waals surface area contributed by atoms with Crippen LogP contribution in [0.1, 0.15) is 15.9 Å². The molecule has 3 aromatic rings. The predicted octanol–water partition coefficient (Wildman–Crippen LogP) is 5.15. The number of amides is 2. The number of benzene rings is 3. The number of nitrogens with one attached hydrogen (secondary N) is 1. The smallest absolute Gasteiger partial charge is 0.258 e. The van der Waals surface area contributed by atoms with Crippen LogP contribution < -0.4 is 10.2 Å². The molecule has 0 aliphatic carbocycles. The Balaban J connectivity index is 1.83. The molecule has 0 aliphatic heterocycles. The van der Waals surface area contributed by atoms with Gasteiger partial charge in [-0.15, -0.1) is 0 Å². The summed E-state index contributed by atoms with van der Waals surface area (Å²) < 4.78 is 0. The molecule has 0 radical (unpaired) electrons. The van der Waals surface area contributed by atoms with Gasteiger partial charge in [-0.25, -0.2) is 0 Å². The minimum Gasteiger partial charge on any atom is -0.324 e. The zero-order chi connectivity index (χ0) is 20.8. The van der Waals surface area contributed by atoms with Gasteiger partial charge in [0, 0.05) is 16.9 Å². The normalized spacial score (nSPS) is 10.1. The van der Waals surface area contributed by atoms with Crippen LogP contribution in [0.2, 0.25) is 10.0 Å². The fourth-order valence-electron chi connectivity index (χ4n) is 2.65. The van der Waals surface area contributed by atoms with E-state index in [0.717, 1.165) is 0 Å². The van der Waals surface area contributed by atoms with Gasteiger partial charge < -0.3 is 5.32 Å². The van der Waals surface area contributed by atoms with Gasteiger partial charge in [0.1, 0.15) is 6.54 Å². The summed E-state index contributed by atoms with van der Waals surface area (Å²) in [6.45, 7) is -0.205. The van der Waals surface area contributed by atoms with E-state index in [1.54, 1.807) is 60.7 Å². The van der Waals surface area contributed by atoms with Gasteiger partial charge in [-0.05, 0) is 54.6 Å². The molecule has 144 valence electrons. The third kappa shape index (κ3) is 5.14. The van der Waals surface area contributed by atoms with Crippen molar-refractivity contribution >= 4 is 46.4 Å². The second-order valence-corrected chi connectivity index (χ2v) is 6.91. The third-order valence-corrected chi connectivity index (χ3v) is 4.82. The van der Waals surface area contributed by atoms with E-state index < -0.39 is 5.91 Å². The first kappa shape index (κ1) is 20.4. The molecule has 3 aromatic carbocycles. The van der Waals surface area contributed by atoms with Crippen LogP contribution in [0.4, 0.5) is 11.4 Å². The highest BCUT2D eigenvalue weighted by Gasteiger charge is 2.21. The van der Waals surface area contributed by atoms with Crippen LogP contribution in [0, 0.1) is 11.3 Å². The standard InChI is InChI=1S/C22H15Cl2N3O2/c23-19-11-10-17(12-20(19)24)26-21(28)14-27(18-4-2-1-3-5-18)22(29)16-8-6-15(13-25)7-9-16/h1-12H,14H2,(H,26,28). The molecule has 0 atom stereocenters. The molecule has 5 nitrogen and oxygen atoms in total. The van der Waals surface area contributed by atoms with E-state index in [-0.39, 0.29) is 12.5 Å². The van der Waals surface area contributed by atoms with Gasteiger partial charge in [0.05, 0.1) is 21.7 Å². The van der Waals surface area contributed by atoms with E-state index in [2.05, 4.69) is 5.32 Å².